The Morgan fingerprint density at radius 1 is 0.970 bits per heavy atom. The number of methoxy groups -OCH3 is 1. The minimum absolute atomic E-state index is 0.153. The number of nitrogens with one attached hydrogen (secondary N) is 1. The fraction of sp³-hybridized carbons (Fsp3) is 0.192. The van der Waals surface area contributed by atoms with E-state index in [9.17, 15) is 9.59 Å². The van der Waals surface area contributed by atoms with Crippen molar-refractivity contribution in [2.45, 2.75) is 20.3 Å². The molecule has 1 N–H and O–H groups in total. The zero-order chi connectivity index (χ0) is 23.6. The summed E-state index contributed by atoms with van der Waals surface area (Å²) in [5.74, 6) is 0.399. The molecule has 0 fully saturated rings. The van der Waals surface area contributed by atoms with Crippen molar-refractivity contribution >= 4 is 18.1 Å². The van der Waals surface area contributed by atoms with Gasteiger partial charge < -0.3 is 14.2 Å². The van der Waals surface area contributed by atoms with Crippen LogP contribution in [-0.2, 0) is 11.2 Å². The molecule has 3 rings (SSSR count). The highest BCUT2D eigenvalue weighted by Gasteiger charge is 2.12. The molecule has 7 heteroatoms. The molecular weight excluding hydrogens is 420 g/mol. The number of carbonyl (C=O) groups is 2. The smallest absolute Gasteiger partial charge is 0.343 e. The van der Waals surface area contributed by atoms with Gasteiger partial charge in [-0.1, -0.05) is 36.8 Å². The zero-order valence-electron chi connectivity index (χ0n) is 18.8. The van der Waals surface area contributed by atoms with Crippen LogP contribution in [0.1, 0.15) is 34.0 Å². The van der Waals surface area contributed by atoms with Crippen LogP contribution in [0.15, 0.2) is 71.8 Å². The van der Waals surface area contributed by atoms with Crippen LogP contribution in [0.5, 0.6) is 17.2 Å². The SMILES string of the molecule is CCc1ccc(OCC(=O)N/N=C\c2ccc(OC(=O)c3ccc(C)cc3)c(OC)c2)cc1. The van der Waals surface area contributed by atoms with Crippen molar-refractivity contribution in [3.05, 3.63) is 89.0 Å². The Kier molecular flexibility index (Phi) is 8.18. The van der Waals surface area contributed by atoms with Gasteiger partial charge in [-0.15, -0.1) is 0 Å². The van der Waals surface area contributed by atoms with E-state index in [0.29, 0.717) is 22.6 Å². The van der Waals surface area contributed by atoms with Crippen molar-refractivity contribution in [2.24, 2.45) is 5.10 Å². The summed E-state index contributed by atoms with van der Waals surface area (Å²) in [6.45, 7) is 3.86. The molecule has 0 bridgehead atoms. The van der Waals surface area contributed by atoms with Gasteiger partial charge in [-0.3, -0.25) is 4.79 Å². The topological polar surface area (TPSA) is 86.2 Å². The average Bonchev–Trinajstić information content (AvgIpc) is 2.84. The Hall–Kier alpha value is -4.13. The summed E-state index contributed by atoms with van der Waals surface area (Å²) >= 11 is 0. The first kappa shape index (κ1) is 23.5. The number of benzene rings is 3. The molecule has 0 aliphatic carbocycles. The summed E-state index contributed by atoms with van der Waals surface area (Å²) in [4.78, 5) is 24.3. The Morgan fingerprint density at radius 2 is 1.70 bits per heavy atom. The molecular formula is C26H26N2O5. The molecule has 0 aliphatic rings. The second kappa shape index (κ2) is 11.5. The van der Waals surface area contributed by atoms with Gasteiger partial charge in [0.1, 0.15) is 5.75 Å². The minimum Gasteiger partial charge on any atom is -0.493 e. The second-order valence-electron chi connectivity index (χ2n) is 7.25. The van der Waals surface area contributed by atoms with Gasteiger partial charge in [-0.05, 0) is 66.9 Å². The van der Waals surface area contributed by atoms with E-state index >= 15 is 0 Å². The summed E-state index contributed by atoms with van der Waals surface area (Å²) in [5, 5.41) is 3.94. The highest BCUT2D eigenvalue weighted by Crippen LogP contribution is 2.28. The van der Waals surface area contributed by atoms with Gasteiger partial charge in [0.2, 0.25) is 0 Å². The number of amides is 1. The molecule has 0 radical (unpaired) electrons. The molecule has 0 heterocycles. The molecule has 170 valence electrons. The number of nitrogens with zero attached hydrogens (tertiary/aromatic N) is 1. The molecule has 0 unspecified atom stereocenters. The third-order valence-electron chi connectivity index (χ3n) is 4.78. The van der Waals surface area contributed by atoms with Crippen LogP contribution in [0, 0.1) is 6.92 Å². The van der Waals surface area contributed by atoms with Crippen LogP contribution in [0.4, 0.5) is 0 Å². The van der Waals surface area contributed by atoms with E-state index in [1.54, 1.807) is 30.3 Å². The third-order valence-corrected chi connectivity index (χ3v) is 4.78. The number of rotatable bonds is 9. The Morgan fingerprint density at radius 3 is 2.36 bits per heavy atom. The quantitative estimate of drug-likeness (QED) is 0.229. The Bertz CT molecular complexity index is 1120. The van der Waals surface area contributed by atoms with Gasteiger partial charge in [-0.25, -0.2) is 10.2 Å². The lowest BCUT2D eigenvalue weighted by atomic mass is 10.1. The van der Waals surface area contributed by atoms with E-state index in [-0.39, 0.29) is 18.3 Å². The fourth-order valence-corrected chi connectivity index (χ4v) is 2.88. The van der Waals surface area contributed by atoms with Gasteiger partial charge in [0.05, 0.1) is 18.9 Å². The largest absolute Gasteiger partial charge is 0.493 e. The average molecular weight is 447 g/mol. The molecule has 0 spiro atoms. The normalized spacial score (nSPS) is 10.6. The van der Waals surface area contributed by atoms with Gasteiger partial charge in [0.25, 0.3) is 5.91 Å². The van der Waals surface area contributed by atoms with Gasteiger partial charge >= 0.3 is 5.97 Å². The van der Waals surface area contributed by atoms with Crippen molar-refractivity contribution in [1.29, 1.82) is 0 Å². The lowest BCUT2D eigenvalue weighted by Crippen LogP contribution is -2.24. The predicted octanol–water partition coefficient (Wildman–Crippen LogP) is 4.31. The summed E-state index contributed by atoms with van der Waals surface area (Å²) < 4.78 is 16.2. The molecule has 0 aromatic heterocycles. The molecule has 7 nitrogen and oxygen atoms in total. The first-order valence-electron chi connectivity index (χ1n) is 10.5. The maximum atomic E-state index is 12.4. The molecule has 0 saturated carbocycles. The monoisotopic (exact) mass is 446 g/mol. The zero-order valence-corrected chi connectivity index (χ0v) is 18.8. The van der Waals surface area contributed by atoms with Crippen LogP contribution in [-0.4, -0.2) is 31.8 Å². The number of hydrazone groups is 1. The van der Waals surface area contributed by atoms with Crippen LogP contribution in [0.2, 0.25) is 0 Å². The van der Waals surface area contributed by atoms with Gasteiger partial charge in [0.15, 0.2) is 18.1 Å². The number of esters is 1. The minimum atomic E-state index is -0.480. The third kappa shape index (κ3) is 6.93. The number of aryl methyl sites for hydroxylation is 2. The molecule has 33 heavy (non-hydrogen) atoms. The predicted molar refractivity (Wildman–Crippen MR) is 126 cm³/mol. The standard InChI is InChI=1S/C26H26N2O5/c1-4-19-7-12-22(13-8-19)32-17-25(29)28-27-16-20-9-14-23(24(15-20)31-3)33-26(30)21-10-5-18(2)6-11-21/h5-16H,4,17H2,1-3H3,(H,28,29)/b27-16-. The van der Waals surface area contributed by atoms with Crippen molar-refractivity contribution in [3.63, 3.8) is 0 Å². The second-order valence-corrected chi connectivity index (χ2v) is 7.25. The lowest BCUT2D eigenvalue weighted by Gasteiger charge is -2.10. The van der Waals surface area contributed by atoms with Crippen LogP contribution < -0.4 is 19.6 Å². The van der Waals surface area contributed by atoms with Crippen LogP contribution >= 0.6 is 0 Å². The van der Waals surface area contributed by atoms with Crippen LogP contribution in [0.3, 0.4) is 0 Å². The van der Waals surface area contributed by atoms with E-state index in [0.717, 1.165) is 12.0 Å². The van der Waals surface area contributed by atoms with E-state index in [1.165, 1.54) is 18.9 Å². The summed E-state index contributed by atoms with van der Waals surface area (Å²) in [6, 6.07) is 19.6. The Labute approximate surface area is 193 Å². The van der Waals surface area contributed by atoms with Crippen molar-refractivity contribution in [3.8, 4) is 17.2 Å². The lowest BCUT2D eigenvalue weighted by molar-refractivity contribution is -0.123. The van der Waals surface area contributed by atoms with Crippen molar-refractivity contribution in [2.75, 3.05) is 13.7 Å². The highest BCUT2D eigenvalue weighted by molar-refractivity contribution is 5.91. The summed E-state index contributed by atoms with van der Waals surface area (Å²) in [6.07, 6.45) is 2.40. The fourth-order valence-electron chi connectivity index (χ4n) is 2.88. The van der Waals surface area contributed by atoms with Gasteiger partial charge in [0, 0.05) is 0 Å². The summed E-state index contributed by atoms with van der Waals surface area (Å²) in [5.41, 5.74) is 5.76. The number of ether oxygens (including phenoxy) is 3. The number of hydrogen-bond donors (Lipinski definition) is 1. The molecule has 0 saturated heterocycles. The summed E-state index contributed by atoms with van der Waals surface area (Å²) in [7, 11) is 1.48. The molecule has 1 amide bonds. The molecule has 0 atom stereocenters. The van der Waals surface area contributed by atoms with Crippen molar-refractivity contribution < 1.29 is 23.8 Å². The van der Waals surface area contributed by atoms with Crippen molar-refractivity contribution in [1.82, 2.24) is 5.43 Å². The van der Waals surface area contributed by atoms with E-state index < -0.39 is 5.97 Å². The molecule has 3 aromatic rings. The first-order chi connectivity index (χ1) is 16.0. The Balaban J connectivity index is 1.54. The molecule has 0 aliphatic heterocycles. The first-order valence-corrected chi connectivity index (χ1v) is 10.5. The maximum Gasteiger partial charge on any atom is 0.343 e. The molecule has 3 aromatic carbocycles. The van der Waals surface area contributed by atoms with E-state index in [4.69, 9.17) is 14.2 Å². The highest BCUT2D eigenvalue weighted by atomic mass is 16.6. The van der Waals surface area contributed by atoms with E-state index in [2.05, 4.69) is 17.5 Å². The number of hydrogen-bond acceptors (Lipinski definition) is 6. The van der Waals surface area contributed by atoms with Crippen LogP contribution in [0.25, 0.3) is 0 Å². The van der Waals surface area contributed by atoms with Gasteiger partial charge in [-0.2, -0.15) is 5.10 Å². The van der Waals surface area contributed by atoms with E-state index in [1.807, 2.05) is 43.3 Å². The maximum absolute atomic E-state index is 12.4. The number of carbonyl (C=O) groups excluding carboxylic acids is 2.